The van der Waals surface area contributed by atoms with Gasteiger partial charge in [0.25, 0.3) is 0 Å². The van der Waals surface area contributed by atoms with Gasteiger partial charge in [-0.25, -0.2) is 4.98 Å². The van der Waals surface area contributed by atoms with E-state index >= 15 is 0 Å². The van der Waals surface area contributed by atoms with Gasteiger partial charge in [0.05, 0.1) is 0 Å². The van der Waals surface area contributed by atoms with Gasteiger partial charge in [0, 0.05) is 43.5 Å². The van der Waals surface area contributed by atoms with Crippen molar-refractivity contribution in [2.45, 2.75) is 19.4 Å². The maximum Gasteiger partial charge on any atom is 0.109 e. The molecule has 0 aliphatic rings. The lowest BCUT2D eigenvalue weighted by atomic mass is 10.1. The first kappa shape index (κ1) is 13.1. The molecule has 0 aliphatic carbocycles. The van der Waals surface area contributed by atoms with E-state index in [1.807, 2.05) is 42.2 Å². The van der Waals surface area contributed by atoms with E-state index in [0.29, 0.717) is 6.04 Å². The van der Waals surface area contributed by atoms with Gasteiger partial charge < -0.3 is 9.88 Å². The van der Waals surface area contributed by atoms with Gasteiger partial charge in [-0.05, 0) is 24.6 Å². The molecule has 0 aliphatic heterocycles. The van der Waals surface area contributed by atoms with Crippen molar-refractivity contribution in [2.75, 3.05) is 6.54 Å². The number of nitrogens with zero attached hydrogens (tertiary/aromatic N) is 2. The van der Waals surface area contributed by atoms with E-state index in [-0.39, 0.29) is 0 Å². The average molecular weight is 264 g/mol. The van der Waals surface area contributed by atoms with E-state index in [2.05, 4.69) is 23.3 Å². The van der Waals surface area contributed by atoms with Gasteiger partial charge in [0.1, 0.15) is 5.82 Å². The van der Waals surface area contributed by atoms with E-state index < -0.39 is 0 Å². The van der Waals surface area contributed by atoms with Gasteiger partial charge in [-0.1, -0.05) is 23.7 Å². The number of aromatic nitrogens is 2. The number of nitrogens with one attached hydrogen (secondary N) is 1. The lowest BCUT2D eigenvalue weighted by Crippen LogP contribution is -2.22. The summed E-state index contributed by atoms with van der Waals surface area (Å²) >= 11 is 5.98. The zero-order valence-electron chi connectivity index (χ0n) is 10.7. The Morgan fingerprint density at radius 1 is 1.44 bits per heavy atom. The first-order valence-corrected chi connectivity index (χ1v) is 6.49. The first-order chi connectivity index (χ1) is 8.66. The van der Waals surface area contributed by atoms with Gasteiger partial charge in [-0.2, -0.15) is 0 Å². The van der Waals surface area contributed by atoms with Crippen LogP contribution in [0.25, 0.3) is 0 Å². The molecular weight excluding hydrogens is 246 g/mol. The van der Waals surface area contributed by atoms with Crippen LogP contribution in [-0.2, 0) is 13.5 Å². The summed E-state index contributed by atoms with van der Waals surface area (Å²) in [6.45, 7) is 3.04. The molecule has 4 heteroatoms. The minimum atomic E-state index is 0.295. The van der Waals surface area contributed by atoms with Crippen LogP contribution in [0.3, 0.4) is 0 Å². The molecule has 0 amide bonds. The standard InChI is InChI=1S/C14H18ClN3/c1-11(12-4-3-5-13(15)10-12)16-7-6-14-17-8-9-18(14)2/h3-5,8-11,16H,6-7H2,1-2H3/t11-/m1/s1. The molecule has 0 spiro atoms. The van der Waals surface area contributed by atoms with Crippen LogP contribution in [0, 0.1) is 0 Å². The number of hydrogen-bond donors (Lipinski definition) is 1. The van der Waals surface area contributed by atoms with E-state index in [0.717, 1.165) is 23.8 Å². The zero-order chi connectivity index (χ0) is 13.0. The van der Waals surface area contributed by atoms with Crippen molar-refractivity contribution in [1.29, 1.82) is 0 Å². The van der Waals surface area contributed by atoms with E-state index in [1.165, 1.54) is 5.56 Å². The van der Waals surface area contributed by atoms with Crippen molar-refractivity contribution in [3.63, 3.8) is 0 Å². The number of rotatable bonds is 5. The normalized spacial score (nSPS) is 12.6. The summed E-state index contributed by atoms with van der Waals surface area (Å²) < 4.78 is 2.05. The van der Waals surface area contributed by atoms with Crippen molar-refractivity contribution in [1.82, 2.24) is 14.9 Å². The Labute approximate surface area is 113 Å². The smallest absolute Gasteiger partial charge is 0.109 e. The Kier molecular flexibility index (Phi) is 4.39. The highest BCUT2D eigenvalue weighted by Gasteiger charge is 2.05. The molecule has 0 radical (unpaired) electrons. The second kappa shape index (κ2) is 6.03. The molecule has 0 saturated carbocycles. The summed E-state index contributed by atoms with van der Waals surface area (Å²) in [7, 11) is 2.02. The minimum absolute atomic E-state index is 0.295. The Morgan fingerprint density at radius 2 is 2.28 bits per heavy atom. The molecule has 2 rings (SSSR count). The molecule has 1 aromatic heterocycles. The number of benzene rings is 1. The van der Waals surface area contributed by atoms with Crippen LogP contribution in [0.2, 0.25) is 5.02 Å². The van der Waals surface area contributed by atoms with Crippen LogP contribution in [0.15, 0.2) is 36.7 Å². The third-order valence-electron chi connectivity index (χ3n) is 3.07. The van der Waals surface area contributed by atoms with Crippen LogP contribution < -0.4 is 5.32 Å². The molecule has 0 saturated heterocycles. The predicted octanol–water partition coefficient (Wildman–Crippen LogP) is 2.97. The lowest BCUT2D eigenvalue weighted by molar-refractivity contribution is 0.565. The molecule has 1 atom stereocenters. The third kappa shape index (κ3) is 3.34. The second-order valence-corrected chi connectivity index (χ2v) is 4.87. The van der Waals surface area contributed by atoms with Gasteiger partial charge >= 0.3 is 0 Å². The topological polar surface area (TPSA) is 29.9 Å². The fraction of sp³-hybridized carbons (Fsp3) is 0.357. The SMILES string of the molecule is C[C@@H](NCCc1nccn1C)c1cccc(Cl)c1. The monoisotopic (exact) mass is 263 g/mol. The summed E-state index contributed by atoms with van der Waals surface area (Å²) in [4.78, 5) is 4.30. The summed E-state index contributed by atoms with van der Waals surface area (Å²) in [5.41, 5.74) is 1.21. The molecule has 3 nitrogen and oxygen atoms in total. The van der Waals surface area contributed by atoms with Crippen LogP contribution in [0.5, 0.6) is 0 Å². The maximum atomic E-state index is 5.98. The highest BCUT2D eigenvalue weighted by molar-refractivity contribution is 6.30. The molecule has 0 unspecified atom stereocenters. The molecular formula is C14H18ClN3. The fourth-order valence-corrected chi connectivity index (χ4v) is 2.13. The zero-order valence-corrected chi connectivity index (χ0v) is 11.5. The van der Waals surface area contributed by atoms with E-state index in [9.17, 15) is 0 Å². The van der Waals surface area contributed by atoms with Gasteiger partial charge in [0.2, 0.25) is 0 Å². The Bertz CT molecular complexity index is 507. The summed E-state index contributed by atoms with van der Waals surface area (Å²) in [6.07, 6.45) is 4.72. The maximum absolute atomic E-state index is 5.98. The van der Waals surface area contributed by atoms with Crippen molar-refractivity contribution in [3.05, 3.63) is 53.1 Å². The van der Waals surface area contributed by atoms with E-state index in [4.69, 9.17) is 11.6 Å². The van der Waals surface area contributed by atoms with Gasteiger partial charge in [0.15, 0.2) is 0 Å². The Morgan fingerprint density at radius 3 is 2.94 bits per heavy atom. The van der Waals surface area contributed by atoms with Gasteiger partial charge in [-0.3, -0.25) is 0 Å². The van der Waals surface area contributed by atoms with Crippen LogP contribution >= 0.6 is 11.6 Å². The first-order valence-electron chi connectivity index (χ1n) is 6.12. The molecule has 1 aromatic carbocycles. The molecule has 0 fully saturated rings. The van der Waals surface area contributed by atoms with Crippen molar-refractivity contribution in [2.24, 2.45) is 7.05 Å². The van der Waals surface area contributed by atoms with Crippen molar-refractivity contribution < 1.29 is 0 Å². The second-order valence-electron chi connectivity index (χ2n) is 4.44. The number of aryl methyl sites for hydroxylation is 1. The number of imidazole rings is 1. The number of hydrogen-bond acceptors (Lipinski definition) is 2. The minimum Gasteiger partial charge on any atom is -0.338 e. The number of halogens is 1. The molecule has 18 heavy (non-hydrogen) atoms. The predicted molar refractivity (Wildman–Crippen MR) is 74.8 cm³/mol. The molecule has 1 heterocycles. The molecule has 96 valence electrons. The molecule has 2 aromatic rings. The Balaban J connectivity index is 1.85. The third-order valence-corrected chi connectivity index (χ3v) is 3.30. The summed E-state index contributed by atoms with van der Waals surface area (Å²) in [6, 6.07) is 8.26. The van der Waals surface area contributed by atoms with Crippen LogP contribution in [0.4, 0.5) is 0 Å². The van der Waals surface area contributed by atoms with Gasteiger partial charge in [-0.15, -0.1) is 0 Å². The lowest BCUT2D eigenvalue weighted by Gasteiger charge is -2.14. The molecule has 0 bridgehead atoms. The van der Waals surface area contributed by atoms with Crippen molar-refractivity contribution in [3.8, 4) is 0 Å². The summed E-state index contributed by atoms with van der Waals surface area (Å²) in [5, 5.41) is 4.26. The highest BCUT2D eigenvalue weighted by Crippen LogP contribution is 2.17. The average Bonchev–Trinajstić information content (AvgIpc) is 2.75. The Hall–Kier alpha value is -1.32. The van der Waals surface area contributed by atoms with E-state index in [1.54, 1.807) is 0 Å². The quantitative estimate of drug-likeness (QED) is 0.899. The van der Waals surface area contributed by atoms with Crippen molar-refractivity contribution >= 4 is 11.6 Å². The highest BCUT2D eigenvalue weighted by atomic mass is 35.5. The largest absolute Gasteiger partial charge is 0.338 e. The summed E-state index contributed by atoms with van der Waals surface area (Å²) in [5.74, 6) is 1.10. The van der Waals surface area contributed by atoms with Crippen LogP contribution in [-0.4, -0.2) is 16.1 Å². The van der Waals surface area contributed by atoms with Crippen LogP contribution in [0.1, 0.15) is 24.4 Å². The fourth-order valence-electron chi connectivity index (χ4n) is 1.93. The molecule has 1 N–H and O–H groups in total.